The van der Waals surface area contributed by atoms with Crippen molar-refractivity contribution in [2.45, 2.75) is 0 Å². The minimum atomic E-state index is -0.498. The van der Waals surface area contributed by atoms with Crippen molar-refractivity contribution in [3.63, 3.8) is 0 Å². The third-order valence-corrected chi connectivity index (χ3v) is 3.29. The minimum absolute atomic E-state index is 0.0237. The van der Waals surface area contributed by atoms with Gasteiger partial charge in [0, 0.05) is 17.2 Å². The molecule has 0 saturated heterocycles. The summed E-state index contributed by atoms with van der Waals surface area (Å²) in [6.45, 7) is -0.279. The lowest BCUT2D eigenvalue weighted by Gasteiger charge is -2.06. The molecule has 0 aliphatic heterocycles. The first-order valence-corrected chi connectivity index (χ1v) is 7.35. The van der Waals surface area contributed by atoms with Crippen molar-refractivity contribution in [1.82, 2.24) is 5.43 Å². The molecule has 0 aromatic heterocycles. The molecule has 1 amide bonds. The molecule has 2 aromatic carbocycles. The van der Waals surface area contributed by atoms with Crippen LogP contribution in [-0.2, 0) is 4.79 Å². The molecule has 0 atom stereocenters. The summed E-state index contributed by atoms with van der Waals surface area (Å²) in [6.07, 6.45) is 1.36. The van der Waals surface area contributed by atoms with Gasteiger partial charge in [-0.05, 0) is 35.9 Å². The molecule has 0 saturated carbocycles. The highest BCUT2D eigenvalue weighted by Crippen LogP contribution is 2.27. The van der Waals surface area contributed by atoms with E-state index in [4.69, 9.17) is 27.9 Å². The van der Waals surface area contributed by atoms with E-state index >= 15 is 0 Å². The minimum Gasteiger partial charge on any atom is -0.482 e. The van der Waals surface area contributed by atoms with Crippen LogP contribution in [0.25, 0.3) is 0 Å². The third kappa shape index (κ3) is 5.22. The number of carbonyl (C=O) groups excluding carboxylic acids is 1. The Balaban J connectivity index is 1.83. The SMILES string of the molecule is O=C(COc1ccc(Cl)cc1Cl)NN=Cc1ccc([N+](=O)[O-])cc1. The lowest BCUT2D eigenvalue weighted by molar-refractivity contribution is -0.384. The Morgan fingerprint density at radius 2 is 1.96 bits per heavy atom. The van der Waals surface area contributed by atoms with Gasteiger partial charge >= 0.3 is 0 Å². The molecular weight excluding hydrogens is 357 g/mol. The number of nitrogens with one attached hydrogen (secondary N) is 1. The summed E-state index contributed by atoms with van der Waals surface area (Å²) >= 11 is 11.7. The highest BCUT2D eigenvalue weighted by atomic mass is 35.5. The number of amides is 1. The second kappa shape index (κ2) is 8.28. The fourth-order valence-electron chi connectivity index (χ4n) is 1.63. The number of nitrogens with zero attached hydrogens (tertiary/aromatic N) is 2. The quantitative estimate of drug-likeness (QED) is 0.480. The van der Waals surface area contributed by atoms with E-state index in [1.54, 1.807) is 12.1 Å². The average molecular weight is 368 g/mol. The summed E-state index contributed by atoms with van der Waals surface area (Å²) in [5.41, 5.74) is 2.85. The Labute approximate surface area is 147 Å². The van der Waals surface area contributed by atoms with Crippen molar-refractivity contribution in [2.24, 2.45) is 5.10 Å². The van der Waals surface area contributed by atoms with Gasteiger partial charge in [0.1, 0.15) is 5.75 Å². The molecule has 2 aromatic rings. The Morgan fingerprint density at radius 3 is 2.58 bits per heavy atom. The Morgan fingerprint density at radius 1 is 1.25 bits per heavy atom. The second-order valence-electron chi connectivity index (χ2n) is 4.51. The molecule has 124 valence electrons. The molecule has 0 unspecified atom stereocenters. The van der Waals surface area contributed by atoms with Gasteiger partial charge in [0.05, 0.1) is 16.2 Å². The smallest absolute Gasteiger partial charge is 0.277 e. The Bertz CT molecular complexity index is 779. The number of hydrazone groups is 1. The Kier molecular flexibility index (Phi) is 6.11. The molecule has 0 aliphatic rings. The van der Waals surface area contributed by atoms with Crippen LogP contribution >= 0.6 is 23.2 Å². The number of halogens is 2. The number of non-ortho nitro benzene ring substituents is 1. The molecule has 24 heavy (non-hydrogen) atoms. The number of ether oxygens (including phenoxy) is 1. The standard InChI is InChI=1S/C15H11Cl2N3O4/c16-11-3-6-14(13(17)7-11)24-9-15(21)19-18-8-10-1-4-12(5-2-10)20(22)23/h1-8H,9H2,(H,19,21). The van der Waals surface area contributed by atoms with E-state index in [2.05, 4.69) is 10.5 Å². The van der Waals surface area contributed by atoms with Crippen LogP contribution in [0.2, 0.25) is 10.0 Å². The molecule has 0 radical (unpaired) electrons. The van der Waals surface area contributed by atoms with Crippen LogP contribution in [0.15, 0.2) is 47.6 Å². The van der Waals surface area contributed by atoms with Gasteiger partial charge in [-0.15, -0.1) is 0 Å². The molecule has 1 N–H and O–H groups in total. The summed E-state index contributed by atoms with van der Waals surface area (Å²) in [5.74, 6) is -0.158. The van der Waals surface area contributed by atoms with Gasteiger partial charge < -0.3 is 4.74 Å². The monoisotopic (exact) mass is 367 g/mol. The molecule has 0 spiro atoms. The number of hydrogen-bond acceptors (Lipinski definition) is 5. The van der Waals surface area contributed by atoms with Crippen molar-refractivity contribution in [2.75, 3.05) is 6.61 Å². The zero-order valence-electron chi connectivity index (χ0n) is 12.1. The number of benzene rings is 2. The van der Waals surface area contributed by atoms with Crippen LogP contribution < -0.4 is 10.2 Å². The van der Waals surface area contributed by atoms with Crippen LogP contribution in [0.3, 0.4) is 0 Å². The largest absolute Gasteiger partial charge is 0.482 e. The van der Waals surface area contributed by atoms with Crippen molar-refractivity contribution < 1.29 is 14.5 Å². The molecule has 0 bridgehead atoms. The van der Waals surface area contributed by atoms with Gasteiger partial charge in [0.15, 0.2) is 6.61 Å². The molecule has 7 nitrogen and oxygen atoms in total. The number of rotatable bonds is 6. The van der Waals surface area contributed by atoms with E-state index in [1.807, 2.05) is 0 Å². The molecule has 0 heterocycles. The molecular formula is C15H11Cl2N3O4. The van der Waals surface area contributed by atoms with Gasteiger partial charge in [-0.25, -0.2) is 5.43 Å². The predicted octanol–water partition coefficient (Wildman–Crippen LogP) is 3.43. The number of carbonyl (C=O) groups is 1. The van der Waals surface area contributed by atoms with E-state index < -0.39 is 10.8 Å². The van der Waals surface area contributed by atoms with Crippen molar-refractivity contribution in [1.29, 1.82) is 0 Å². The lowest BCUT2D eigenvalue weighted by atomic mass is 10.2. The van der Waals surface area contributed by atoms with E-state index in [0.29, 0.717) is 21.4 Å². The topological polar surface area (TPSA) is 93.8 Å². The predicted molar refractivity (Wildman–Crippen MR) is 90.8 cm³/mol. The summed E-state index contributed by atoms with van der Waals surface area (Å²) in [4.78, 5) is 21.7. The highest BCUT2D eigenvalue weighted by molar-refractivity contribution is 6.35. The highest BCUT2D eigenvalue weighted by Gasteiger charge is 2.06. The number of nitro groups is 1. The normalized spacial score (nSPS) is 10.6. The zero-order valence-corrected chi connectivity index (χ0v) is 13.6. The fraction of sp³-hybridized carbons (Fsp3) is 0.0667. The molecule has 0 fully saturated rings. The first-order valence-electron chi connectivity index (χ1n) is 6.60. The van der Waals surface area contributed by atoms with E-state index in [9.17, 15) is 14.9 Å². The van der Waals surface area contributed by atoms with Crippen molar-refractivity contribution in [3.05, 3.63) is 68.2 Å². The van der Waals surface area contributed by atoms with Crippen LogP contribution in [0.1, 0.15) is 5.56 Å². The van der Waals surface area contributed by atoms with Crippen LogP contribution in [0.4, 0.5) is 5.69 Å². The van der Waals surface area contributed by atoms with E-state index in [1.165, 1.54) is 36.5 Å². The molecule has 0 aliphatic carbocycles. The summed E-state index contributed by atoms with van der Waals surface area (Å²) in [6, 6.07) is 10.4. The van der Waals surface area contributed by atoms with Gasteiger partial charge in [-0.3, -0.25) is 14.9 Å². The van der Waals surface area contributed by atoms with E-state index in [-0.39, 0.29) is 12.3 Å². The molecule has 2 rings (SSSR count). The maximum Gasteiger partial charge on any atom is 0.277 e. The van der Waals surface area contributed by atoms with Crippen molar-refractivity contribution in [3.8, 4) is 5.75 Å². The lowest BCUT2D eigenvalue weighted by Crippen LogP contribution is -2.24. The maximum atomic E-state index is 11.6. The summed E-state index contributed by atoms with van der Waals surface area (Å²) in [5, 5.41) is 15.0. The fourth-order valence-corrected chi connectivity index (χ4v) is 2.09. The van der Waals surface area contributed by atoms with Crippen LogP contribution in [0.5, 0.6) is 5.75 Å². The van der Waals surface area contributed by atoms with Crippen molar-refractivity contribution >= 4 is 41.0 Å². The van der Waals surface area contributed by atoms with Gasteiger partial charge in [0.25, 0.3) is 11.6 Å². The van der Waals surface area contributed by atoms with Crippen LogP contribution in [0, 0.1) is 10.1 Å². The average Bonchev–Trinajstić information content (AvgIpc) is 2.54. The van der Waals surface area contributed by atoms with Gasteiger partial charge in [-0.1, -0.05) is 23.2 Å². The first-order chi connectivity index (χ1) is 11.5. The summed E-state index contributed by atoms with van der Waals surface area (Å²) < 4.78 is 5.25. The zero-order chi connectivity index (χ0) is 17.5. The third-order valence-electron chi connectivity index (χ3n) is 2.76. The summed E-state index contributed by atoms with van der Waals surface area (Å²) in [7, 11) is 0. The second-order valence-corrected chi connectivity index (χ2v) is 5.35. The number of nitro benzene ring substituents is 1. The number of hydrogen-bond donors (Lipinski definition) is 1. The van der Waals surface area contributed by atoms with Crippen LogP contribution in [-0.4, -0.2) is 23.7 Å². The molecule has 9 heteroatoms. The Hall–Kier alpha value is -2.64. The van der Waals surface area contributed by atoms with Gasteiger partial charge in [-0.2, -0.15) is 5.10 Å². The first kappa shape index (κ1) is 17.7. The van der Waals surface area contributed by atoms with Gasteiger partial charge in [0.2, 0.25) is 0 Å². The van der Waals surface area contributed by atoms with E-state index in [0.717, 1.165) is 0 Å². The maximum absolute atomic E-state index is 11.6.